The Morgan fingerprint density at radius 3 is 0.750 bits per heavy atom. The molecular formula is C41H64O3. The van der Waals surface area contributed by atoms with Crippen LogP contribution in [0.25, 0.3) is 0 Å². The molecule has 44 heavy (non-hydrogen) atoms. The maximum atomic E-state index is 11.1. The molecule has 0 fully saturated rings. The summed E-state index contributed by atoms with van der Waals surface area (Å²) < 4.78 is 0. The number of hydrogen-bond donors (Lipinski definition) is 0. The molecule has 0 bridgehead atoms. The molecule has 0 saturated heterocycles. The third-order valence-corrected chi connectivity index (χ3v) is 5.32. The first kappa shape index (κ1) is 45.1. The summed E-state index contributed by atoms with van der Waals surface area (Å²) in [5, 5.41) is 0. The minimum Gasteiger partial charge on any atom is -0.300 e. The van der Waals surface area contributed by atoms with E-state index in [9.17, 15) is 14.4 Å². The molecule has 0 N–H and O–H groups in total. The van der Waals surface area contributed by atoms with Crippen molar-refractivity contribution in [3.05, 3.63) is 109 Å². The van der Waals surface area contributed by atoms with Crippen molar-refractivity contribution in [1.82, 2.24) is 0 Å². The largest absolute Gasteiger partial charge is 0.300 e. The Labute approximate surface area is 271 Å². The topological polar surface area (TPSA) is 51.2 Å². The summed E-state index contributed by atoms with van der Waals surface area (Å²) in [5.41, 5.74) is 1.32. The van der Waals surface area contributed by atoms with Gasteiger partial charge in [-0.25, -0.2) is 0 Å². The van der Waals surface area contributed by atoms with Gasteiger partial charge in [-0.15, -0.1) is 0 Å². The quantitative estimate of drug-likeness (QED) is 0.244. The van der Waals surface area contributed by atoms with Crippen molar-refractivity contribution < 1.29 is 14.4 Å². The van der Waals surface area contributed by atoms with Crippen LogP contribution < -0.4 is 0 Å². The number of aryl methyl sites for hydroxylation is 1. The second-order valence-corrected chi connectivity index (χ2v) is 12.5. The zero-order valence-electron chi connectivity index (χ0n) is 29.9. The Hall–Kier alpha value is -3.33. The van der Waals surface area contributed by atoms with Gasteiger partial charge < -0.3 is 4.79 Å². The number of ketones is 3. The van der Waals surface area contributed by atoms with E-state index in [-0.39, 0.29) is 5.78 Å². The van der Waals surface area contributed by atoms with Gasteiger partial charge in [-0.3, -0.25) is 9.59 Å². The molecule has 0 spiro atoms. The summed E-state index contributed by atoms with van der Waals surface area (Å²) in [5.74, 6) is 3.15. The molecule has 0 amide bonds. The molecule has 3 rings (SSSR count). The second-order valence-electron chi connectivity index (χ2n) is 12.5. The van der Waals surface area contributed by atoms with Crippen LogP contribution in [0.4, 0.5) is 0 Å². The highest BCUT2D eigenvalue weighted by Gasteiger charge is 2.07. The van der Waals surface area contributed by atoms with Crippen molar-refractivity contribution in [2.45, 2.75) is 108 Å². The SMILES string of the molecule is CC(C)CC(=O)CC(C)C.CC(C)CC(=O)CC(C)C.CCC(C)=O.Cc1ccccc1.c1ccccc1.c1ccccc1. The van der Waals surface area contributed by atoms with Gasteiger partial charge in [0.1, 0.15) is 17.3 Å². The van der Waals surface area contributed by atoms with E-state index in [0.29, 0.717) is 41.7 Å². The van der Waals surface area contributed by atoms with Crippen molar-refractivity contribution in [2.75, 3.05) is 0 Å². The Morgan fingerprint density at radius 1 is 0.455 bits per heavy atom. The van der Waals surface area contributed by atoms with Crippen LogP contribution in [0, 0.1) is 30.6 Å². The van der Waals surface area contributed by atoms with Crippen molar-refractivity contribution in [3.8, 4) is 0 Å². The third-order valence-electron chi connectivity index (χ3n) is 5.32. The first-order valence-electron chi connectivity index (χ1n) is 16.2. The van der Waals surface area contributed by atoms with E-state index < -0.39 is 0 Å². The Balaban J connectivity index is -0.000000466. The molecule has 0 aliphatic carbocycles. The van der Waals surface area contributed by atoms with Gasteiger partial charge in [-0.2, -0.15) is 0 Å². The van der Waals surface area contributed by atoms with E-state index in [0.717, 1.165) is 25.7 Å². The summed E-state index contributed by atoms with van der Waals surface area (Å²) in [6.07, 6.45) is 3.66. The Kier molecular flexibility index (Phi) is 33.4. The molecule has 0 aromatic heterocycles. The summed E-state index contributed by atoms with van der Waals surface area (Å²) in [6, 6.07) is 34.3. The van der Waals surface area contributed by atoms with Gasteiger partial charge in [0.05, 0.1) is 0 Å². The summed E-state index contributed by atoms with van der Waals surface area (Å²) in [7, 11) is 0. The maximum absolute atomic E-state index is 11.1. The third kappa shape index (κ3) is 45.7. The van der Waals surface area contributed by atoms with Crippen LogP contribution in [0.2, 0.25) is 0 Å². The monoisotopic (exact) mass is 604 g/mol. The maximum Gasteiger partial charge on any atom is 0.133 e. The molecule has 3 aromatic carbocycles. The second kappa shape index (κ2) is 32.6. The smallest absolute Gasteiger partial charge is 0.133 e. The fourth-order valence-corrected chi connectivity index (χ4v) is 3.29. The highest BCUT2D eigenvalue weighted by atomic mass is 16.1. The molecule has 0 saturated carbocycles. The van der Waals surface area contributed by atoms with Crippen molar-refractivity contribution in [2.24, 2.45) is 23.7 Å². The van der Waals surface area contributed by atoms with Crippen molar-refractivity contribution in [1.29, 1.82) is 0 Å². The van der Waals surface area contributed by atoms with Crippen LogP contribution in [-0.2, 0) is 14.4 Å². The predicted molar refractivity (Wildman–Crippen MR) is 193 cm³/mol. The van der Waals surface area contributed by atoms with Crippen LogP contribution in [0.15, 0.2) is 103 Å². The van der Waals surface area contributed by atoms with Crippen molar-refractivity contribution in [3.63, 3.8) is 0 Å². The van der Waals surface area contributed by atoms with E-state index in [1.165, 1.54) is 5.56 Å². The van der Waals surface area contributed by atoms with Gasteiger partial charge in [-0.05, 0) is 37.5 Å². The van der Waals surface area contributed by atoms with Crippen LogP contribution in [0.1, 0.15) is 107 Å². The fourth-order valence-electron chi connectivity index (χ4n) is 3.29. The lowest BCUT2D eigenvalue weighted by molar-refractivity contribution is -0.121. The molecule has 0 unspecified atom stereocenters. The van der Waals surface area contributed by atoms with Crippen LogP contribution >= 0.6 is 0 Å². The number of carbonyl (C=O) groups is 3. The number of Topliss-reactive ketones (excluding diaryl/α,β-unsaturated/α-hetero) is 3. The van der Waals surface area contributed by atoms with Gasteiger partial charge in [0.25, 0.3) is 0 Å². The molecule has 0 atom stereocenters. The fraction of sp³-hybridized carbons (Fsp3) is 0.488. The van der Waals surface area contributed by atoms with E-state index in [1.54, 1.807) is 6.92 Å². The Bertz CT molecular complexity index is 871. The lowest BCUT2D eigenvalue weighted by Gasteiger charge is -2.05. The highest BCUT2D eigenvalue weighted by Crippen LogP contribution is 2.08. The average molecular weight is 605 g/mol. The van der Waals surface area contributed by atoms with Crippen LogP contribution in [-0.4, -0.2) is 17.3 Å². The van der Waals surface area contributed by atoms with Gasteiger partial charge in [0.15, 0.2) is 0 Å². The van der Waals surface area contributed by atoms with E-state index in [1.807, 2.05) is 97.9 Å². The van der Waals surface area contributed by atoms with E-state index in [2.05, 4.69) is 74.4 Å². The number of carbonyl (C=O) groups excluding carboxylic acids is 3. The molecule has 246 valence electrons. The minimum atomic E-state index is 0.255. The summed E-state index contributed by atoms with van der Waals surface area (Å²) in [4.78, 5) is 31.9. The first-order valence-corrected chi connectivity index (χ1v) is 16.2. The number of rotatable bonds is 9. The number of benzene rings is 3. The van der Waals surface area contributed by atoms with E-state index in [4.69, 9.17) is 0 Å². The minimum absolute atomic E-state index is 0.255. The molecule has 0 aliphatic heterocycles. The standard InChI is InChI=1S/2C9H18O.C7H8.2C6H6.C4H8O/c2*1-7(2)5-9(10)6-8(3)4;1-7-5-3-2-4-6-7;2*1-2-4-6-5-3-1;1-3-4(2)5/h2*7-8H,5-6H2,1-4H3;2-6H,1H3;2*1-6H;3H2,1-2H3. The van der Waals surface area contributed by atoms with E-state index >= 15 is 0 Å². The van der Waals surface area contributed by atoms with Gasteiger partial charge in [0, 0.05) is 32.1 Å². The lowest BCUT2D eigenvalue weighted by atomic mass is 10.00. The normalized spacial score (nSPS) is 9.43. The van der Waals surface area contributed by atoms with Gasteiger partial charge in [-0.1, -0.05) is 171 Å². The molecule has 0 aliphatic rings. The average Bonchev–Trinajstić information content (AvgIpc) is 2.95. The molecule has 0 radical (unpaired) electrons. The summed E-state index contributed by atoms with van der Waals surface area (Å²) in [6.45, 7) is 22.2. The van der Waals surface area contributed by atoms with Gasteiger partial charge >= 0.3 is 0 Å². The van der Waals surface area contributed by atoms with Crippen LogP contribution in [0.3, 0.4) is 0 Å². The molecule has 3 nitrogen and oxygen atoms in total. The molecular weight excluding hydrogens is 540 g/mol. The zero-order chi connectivity index (χ0) is 34.2. The Morgan fingerprint density at radius 2 is 0.636 bits per heavy atom. The number of hydrogen-bond acceptors (Lipinski definition) is 3. The summed E-state index contributed by atoms with van der Waals surface area (Å²) >= 11 is 0. The van der Waals surface area contributed by atoms with Crippen LogP contribution in [0.5, 0.6) is 0 Å². The highest BCUT2D eigenvalue weighted by molar-refractivity contribution is 5.79. The molecule has 3 aromatic rings. The van der Waals surface area contributed by atoms with Crippen molar-refractivity contribution >= 4 is 17.3 Å². The lowest BCUT2D eigenvalue weighted by Crippen LogP contribution is -2.05. The first-order chi connectivity index (χ1) is 20.7. The molecule has 0 heterocycles. The zero-order valence-corrected chi connectivity index (χ0v) is 29.9. The predicted octanol–water partition coefficient (Wildman–Crippen LogP) is 11.6. The van der Waals surface area contributed by atoms with Gasteiger partial charge in [0.2, 0.25) is 0 Å². The molecule has 3 heteroatoms.